The lowest BCUT2D eigenvalue weighted by molar-refractivity contribution is -0.136. The highest BCUT2D eigenvalue weighted by Crippen LogP contribution is 2.33. The quantitative estimate of drug-likeness (QED) is 0.800. The zero-order valence-corrected chi connectivity index (χ0v) is 17.2. The molecule has 0 bridgehead atoms. The van der Waals surface area contributed by atoms with Crippen molar-refractivity contribution in [1.29, 1.82) is 0 Å². The van der Waals surface area contributed by atoms with Crippen molar-refractivity contribution in [3.63, 3.8) is 0 Å². The number of hydrogen-bond acceptors (Lipinski definition) is 4. The van der Waals surface area contributed by atoms with Gasteiger partial charge in [-0.15, -0.1) is 0 Å². The Labute approximate surface area is 166 Å². The largest absolute Gasteiger partial charge is 0.450 e. The number of rotatable bonds is 2. The predicted molar refractivity (Wildman–Crippen MR) is 109 cm³/mol. The number of piperazine rings is 1. The highest BCUT2D eigenvalue weighted by atomic mass is 16.3. The lowest BCUT2D eigenvalue weighted by Crippen LogP contribution is -2.53. The van der Waals surface area contributed by atoms with Crippen LogP contribution in [0.5, 0.6) is 0 Å². The van der Waals surface area contributed by atoms with Crippen LogP contribution in [0.25, 0.3) is 11.0 Å². The molecule has 1 aromatic carbocycles. The van der Waals surface area contributed by atoms with Crippen molar-refractivity contribution in [2.75, 3.05) is 39.8 Å². The molecule has 4 rings (SSSR count). The maximum absolute atomic E-state index is 13.4. The predicted octanol–water partition coefficient (Wildman–Crippen LogP) is 2.74. The minimum atomic E-state index is -0.370. The van der Waals surface area contributed by atoms with Crippen LogP contribution in [0, 0.1) is 20.8 Å². The van der Waals surface area contributed by atoms with Gasteiger partial charge < -0.3 is 19.1 Å². The first kappa shape index (κ1) is 19.0. The summed E-state index contributed by atoms with van der Waals surface area (Å²) in [5.41, 5.74) is 3.78. The molecule has 6 heteroatoms. The average Bonchev–Trinajstić information content (AvgIpc) is 3.30. The SMILES string of the molecule is Cc1ccc(C)c2c(C)c(C(=O)N3CCCC3C(=O)N3CCN(C)CC3)oc12. The van der Waals surface area contributed by atoms with Gasteiger partial charge >= 0.3 is 0 Å². The van der Waals surface area contributed by atoms with Crippen molar-refractivity contribution in [2.45, 2.75) is 39.7 Å². The molecule has 28 heavy (non-hydrogen) atoms. The molecule has 150 valence electrons. The Bertz CT molecular complexity index is 925. The van der Waals surface area contributed by atoms with Gasteiger partial charge in [-0.1, -0.05) is 12.1 Å². The summed E-state index contributed by atoms with van der Waals surface area (Å²) in [6.45, 7) is 9.81. The molecule has 2 aliphatic heterocycles. The third-order valence-corrected chi connectivity index (χ3v) is 6.29. The number of nitrogens with zero attached hydrogens (tertiary/aromatic N) is 3. The summed E-state index contributed by atoms with van der Waals surface area (Å²) in [6, 6.07) is 3.71. The Hall–Kier alpha value is -2.34. The molecular formula is C22H29N3O3. The minimum Gasteiger partial charge on any atom is -0.450 e. The second-order valence-electron chi connectivity index (χ2n) is 8.24. The van der Waals surface area contributed by atoms with Crippen molar-refractivity contribution < 1.29 is 14.0 Å². The van der Waals surface area contributed by atoms with Crippen LogP contribution in [0.1, 0.15) is 40.1 Å². The molecule has 6 nitrogen and oxygen atoms in total. The van der Waals surface area contributed by atoms with Crippen molar-refractivity contribution >= 4 is 22.8 Å². The maximum Gasteiger partial charge on any atom is 0.290 e. The highest BCUT2D eigenvalue weighted by Gasteiger charge is 2.39. The molecule has 1 unspecified atom stereocenters. The molecule has 0 spiro atoms. The van der Waals surface area contributed by atoms with E-state index in [-0.39, 0.29) is 17.9 Å². The number of fused-ring (bicyclic) bond motifs is 1. The minimum absolute atomic E-state index is 0.0834. The van der Waals surface area contributed by atoms with Gasteiger partial charge in [-0.25, -0.2) is 0 Å². The highest BCUT2D eigenvalue weighted by molar-refractivity contribution is 6.02. The number of amides is 2. The fraction of sp³-hybridized carbons (Fsp3) is 0.545. The number of carbonyl (C=O) groups is 2. The van der Waals surface area contributed by atoms with E-state index in [1.165, 1.54) is 0 Å². The summed E-state index contributed by atoms with van der Waals surface area (Å²) in [5, 5.41) is 1.02. The summed E-state index contributed by atoms with van der Waals surface area (Å²) >= 11 is 0. The molecular weight excluding hydrogens is 354 g/mol. The van der Waals surface area contributed by atoms with E-state index < -0.39 is 0 Å². The van der Waals surface area contributed by atoms with E-state index in [0.717, 1.165) is 66.7 Å². The third-order valence-electron chi connectivity index (χ3n) is 6.29. The van der Waals surface area contributed by atoms with Crippen LogP contribution in [0.2, 0.25) is 0 Å². The molecule has 1 aromatic heterocycles. The van der Waals surface area contributed by atoms with Gasteiger partial charge in [-0.05, 0) is 51.8 Å². The second kappa shape index (κ2) is 7.24. The molecule has 0 N–H and O–H groups in total. The van der Waals surface area contributed by atoms with Crippen molar-refractivity contribution in [1.82, 2.24) is 14.7 Å². The molecule has 1 atom stereocenters. The molecule has 2 amide bonds. The number of aryl methyl sites for hydroxylation is 3. The zero-order valence-electron chi connectivity index (χ0n) is 17.2. The van der Waals surface area contributed by atoms with Gasteiger partial charge in [-0.2, -0.15) is 0 Å². The number of likely N-dealkylation sites (N-methyl/N-ethyl adjacent to an activating group) is 1. The Balaban J connectivity index is 1.61. The monoisotopic (exact) mass is 383 g/mol. The van der Waals surface area contributed by atoms with E-state index in [1.807, 2.05) is 31.7 Å². The molecule has 3 heterocycles. The fourth-order valence-corrected chi connectivity index (χ4v) is 4.51. The van der Waals surface area contributed by atoms with Crippen LogP contribution in [-0.4, -0.2) is 72.3 Å². The van der Waals surface area contributed by atoms with E-state index in [2.05, 4.69) is 18.0 Å². The summed E-state index contributed by atoms with van der Waals surface area (Å²) in [6.07, 6.45) is 1.58. The third kappa shape index (κ3) is 3.09. The summed E-state index contributed by atoms with van der Waals surface area (Å²) in [5.74, 6) is 0.308. The Morgan fingerprint density at radius 1 is 1.00 bits per heavy atom. The van der Waals surface area contributed by atoms with Gasteiger partial charge in [0.2, 0.25) is 5.91 Å². The molecule has 0 radical (unpaired) electrons. The van der Waals surface area contributed by atoms with E-state index in [4.69, 9.17) is 4.42 Å². The van der Waals surface area contributed by atoms with Gasteiger partial charge in [0.25, 0.3) is 5.91 Å². The Kier molecular flexibility index (Phi) is 4.91. The lowest BCUT2D eigenvalue weighted by Gasteiger charge is -2.35. The van der Waals surface area contributed by atoms with Crippen LogP contribution in [0.4, 0.5) is 0 Å². The van der Waals surface area contributed by atoms with Crippen LogP contribution >= 0.6 is 0 Å². The number of hydrogen-bond donors (Lipinski definition) is 0. The summed E-state index contributed by atoms with van der Waals surface area (Å²) in [7, 11) is 2.07. The summed E-state index contributed by atoms with van der Waals surface area (Å²) in [4.78, 5) is 32.3. The fourth-order valence-electron chi connectivity index (χ4n) is 4.51. The molecule has 0 saturated carbocycles. The molecule has 2 fully saturated rings. The van der Waals surface area contributed by atoms with E-state index in [0.29, 0.717) is 12.3 Å². The first-order valence-corrected chi connectivity index (χ1v) is 10.2. The molecule has 2 aromatic rings. The Morgan fingerprint density at radius 2 is 1.68 bits per heavy atom. The summed E-state index contributed by atoms with van der Waals surface area (Å²) < 4.78 is 6.05. The van der Waals surface area contributed by atoms with Gasteiger partial charge in [-0.3, -0.25) is 9.59 Å². The normalized spacial score (nSPS) is 20.9. The molecule has 2 saturated heterocycles. The van der Waals surface area contributed by atoms with Crippen LogP contribution in [-0.2, 0) is 4.79 Å². The van der Waals surface area contributed by atoms with E-state index in [9.17, 15) is 9.59 Å². The van der Waals surface area contributed by atoms with E-state index >= 15 is 0 Å². The first-order valence-electron chi connectivity index (χ1n) is 10.2. The van der Waals surface area contributed by atoms with Crippen molar-refractivity contribution in [3.05, 3.63) is 34.6 Å². The smallest absolute Gasteiger partial charge is 0.290 e. The van der Waals surface area contributed by atoms with E-state index in [1.54, 1.807) is 4.90 Å². The van der Waals surface area contributed by atoms with Gasteiger partial charge in [0.05, 0.1) is 0 Å². The lowest BCUT2D eigenvalue weighted by atomic mass is 10.0. The Morgan fingerprint density at radius 3 is 2.36 bits per heavy atom. The van der Waals surface area contributed by atoms with Crippen LogP contribution < -0.4 is 0 Å². The first-order chi connectivity index (χ1) is 13.4. The average molecular weight is 383 g/mol. The number of furan rings is 1. The molecule has 2 aliphatic rings. The standard InChI is InChI=1S/C22H29N3O3/c1-14-7-8-15(2)19-18(14)16(3)20(28-19)22(27)25-9-5-6-17(25)21(26)24-12-10-23(4)11-13-24/h7-8,17H,5-6,9-13H2,1-4H3. The van der Waals surface area contributed by atoms with Crippen LogP contribution in [0.3, 0.4) is 0 Å². The zero-order chi connectivity index (χ0) is 20.0. The topological polar surface area (TPSA) is 57.0 Å². The second-order valence-corrected chi connectivity index (χ2v) is 8.24. The van der Waals surface area contributed by atoms with Gasteiger partial charge in [0.1, 0.15) is 11.6 Å². The molecule has 0 aliphatic carbocycles. The number of carbonyl (C=O) groups excluding carboxylic acids is 2. The van der Waals surface area contributed by atoms with Gasteiger partial charge in [0.15, 0.2) is 5.76 Å². The van der Waals surface area contributed by atoms with Crippen LogP contribution in [0.15, 0.2) is 16.5 Å². The van der Waals surface area contributed by atoms with Crippen molar-refractivity contribution in [3.8, 4) is 0 Å². The van der Waals surface area contributed by atoms with Gasteiger partial charge in [0, 0.05) is 43.7 Å². The van der Waals surface area contributed by atoms with Crippen molar-refractivity contribution in [2.24, 2.45) is 0 Å². The number of likely N-dealkylation sites (tertiary alicyclic amines) is 1. The maximum atomic E-state index is 13.4. The number of benzene rings is 1.